The van der Waals surface area contributed by atoms with Gasteiger partial charge in [-0.2, -0.15) is 0 Å². The van der Waals surface area contributed by atoms with E-state index >= 15 is 0 Å². The van der Waals surface area contributed by atoms with Crippen molar-refractivity contribution in [2.24, 2.45) is 0 Å². The Morgan fingerprint density at radius 3 is 2.72 bits per heavy atom. The van der Waals surface area contributed by atoms with E-state index in [0.717, 1.165) is 42.3 Å². The van der Waals surface area contributed by atoms with Crippen LogP contribution in [0.2, 0.25) is 0 Å². The molecule has 3 heterocycles. The van der Waals surface area contributed by atoms with Gasteiger partial charge in [0.1, 0.15) is 6.10 Å². The molecule has 1 aliphatic heterocycles. The third kappa shape index (κ3) is 4.43. The lowest BCUT2D eigenvalue weighted by Crippen LogP contribution is -2.38. The molecule has 0 aliphatic carbocycles. The van der Waals surface area contributed by atoms with E-state index in [1.807, 2.05) is 33.4 Å². The van der Waals surface area contributed by atoms with Gasteiger partial charge in [-0.05, 0) is 19.1 Å². The molecule has 0 N–H and O–H groups in total. The van der Waals surface area contributed by atoms with Gasteiger partial charge in [-0.1, -0.05) is 0 Å². The summed E-state index contributed by atoms with van der Waals surface area (Å²) in [6.45, 7) is 5.18. The van der Waals surface area contributed by atoms with Crippen LogP contribution >= 0.6 is 0 Å². The number of anilines is 1. The smallest absolute Gasteiger partial charge is 0.316 e. The van der Waals surface area contributed by atoms with Gasteiger partial charge in [0.15, 0.2) is 0 Å². The molecule has 0 radical (unpaired) electrons. The van der Waals surface area contributed by atoms with Gasteiger partial charge in [0, 0.05) is 63.1 Å². The largest absolute Gasteiger partial charge is 0.467 e. The van der Waals surface area contributed by atoms with Gasteiger partial charge >= 0.3 is 6.01 Å². The molecule has 0 saturated carbocycles. The predicted octanol–water partition coefficient (Wildman–Crippen LogP) is 1.83. The van der Waals surface area contributed by atoms with E-state index in [9.17, 15) is 0 Å². The highest BCUT2D eigenvalue weighted by Gasteiger charge is 2.24. The van der Waals surface area contributed by atoms with Crippen LogP contribution in [0.4, 0.5) is 5.69 Å². The molecule has 7 nitrogen and oxygen atoms in total. The fourth-order valence-corrected chi connectivity index (χ4v) is 2.91. The van der Waals surface area contributed by atoms with Gasteiger partial charge in [-0.3, -0.25) is 9.88 Å². The number of hydrogen-bond donors (Lipinski definition) is 0. The topological polar surface area (TPSA) is 63.6 Å². The molecule has 1 atom stereocenters. The fraction of sp³-hybridized carbons (Fsp3) is 0.500. The molecular weight excluding hydrogens is 318 g/mol. The zero-order valence-electron chi connectivity index (χ0n) is 15.3. The molecule has 25 heavy (non-hydrogen) atoms. The van der Waals surface area contributed by atoms with Gasteiger partial charge in [0.25, 0.3) is 0 Å². The molecule has 0 aromatic carbocycles. The Morgan fingerprint density at radius 1 is 1.28 bits per heavy atom. The standard InChI is InChI=1S/C18H25N5O2/c1-13-7-15(22(2)3)8-16(21-13)17-12-23(5-6-25-17)11-14-9-19-18(24-4)20-10-14/h7-10,17H,5-6,11-12H2,1-4H3/t17-/m1/s1. The van der Waals surface area contributed by atoms with Crippen LogP contribution in [0.15, 0.2) is 24.5 Å². The highest BCUT2D eigenvalue weighted by molar-refractivity contribution is 5.47. The molecule has 2 aromatic rings. The highest BCUT2D eigenvalue weighted by Crippen LogP contribution is 2.25. The van der Waals surface area contributed by atoms with Crippen LogP contribution < -0.4 is 9.64 Å². The van der Waals surface area contributed by atoms with E-state index in [-0.39, 0.29) is 6.10 Å². The molecular formula is C18H25N5O2. The zero-order valence-corrected chi connectivity index (χ0v) is 15.3. The maximum absolute atomic E-state index is 5.98. The van der Waals surface area contributed by atoms with E-state index in [4.69, 9.17) is 9.47 Å². The van der Waals surface area contributed by atoms with E-state index < -0.39 is 0 Å². The van der Waals surface area contributed by atoms with E-state index in [1.54, 1.807) is 7.11 Å². The minimum Gasteiger partial charge on any atom is -0.467 e. The fourth-order valence-electron chi connectivity index (χ4n) is 2.91. The summed E-state index contributed by atoms with van der Waals surface area (Å²) in [4.78, 5) is 17.5. The third-order valence-corrected chi connectivity index (χ3v) is 4.23. The number of rotatable bonds is 5. The second kappa shape index (κ2) is 7.76. The summed E-state index contributed by atoms with van der Waals surface area (Å²) < 4.78 is 11.0. The molecule has 2 aromatic heterocycles. The van der Waals surface area contributed by atoms with Crippen LogP contribution in [0.5, 0.6) is 6.01 Å². The lowest BCUT2D eigenvalue weighted by molar-refractivity contribution is -0.0350. The number of pyridine rings is 1. The van der Waals surface area contributed by atoms with Crippen molar-refractivity contribution in [3.05, 3.63) is 41.5 Å². The van der Waals surface area contributed by atoms with E-state index in [1.165, 1.54) is 0 Å². The van der Waals surface area contributed by atoms with Crippen molar-refractivity contribution < 1.29 is 9.47 Å². The Bertz CT molecular complexity index is 705. The Kier molecular flexibility index (Phi) is 5.45. The van der Waals surface area contributed by atoms with Crippen molar-refractivity contribution in [2.45, 2.75) is 19.6 Å². The van der Waals surface area contributed by atoms with Gasteiger partial charge in [0.2, 0.25) is 0 Å². The van der Waals surface area contributed by atoms with Crippen molar-refractivity contribution in [2.75, 3.05) is 45.8 Å². The first-order valence-electron chi connectivity index (χ1n) is 8.40. The normalized spacial score (nSPS) is 18.2. The van der Waals surface area contributed by atoms with Crippen molar-refractivity contribution in [1.29, 1.82) is 0 Å². The third-order valence-electron chi connectivity index (χ3n) is 4.23. The Hall–Kier alpha value is -2.25. The lowest BCUT2D eigenvalue weighted by atomic mass is 10.1. The predicted molar refractivity (Wildman–Crippen MR) is 95.9 cm³/mol. The van der Waals surface area contributed by atoms with Crippen LogP contribution in [-0.2, 0) is 11.3 Å². The van der Waals surface area contributed by atoms with Crippen LogP contribution in [0, 0.1) is 6.92 Å². The van der Waals surface area contributed by atoms with Crippen molar-refractivity contribution >= 4 is 5.69 Å². The molecule has 0 spiro atoms. The monoisotopic (exact) mass is 343 g/mol. The van der Waals surface area contributed by atoms with Crippen LogP contribution in [-0.4, -0.2) is 60.8 Å². The highest BCUT2D eigenvalue weighted by atomic mass is 16.5. The SMILES string of the molecule is COc1ncc(CN2CCO[C@@H](c3cc(N(C)C)cc(C)n3)C2)cn1. The van der Waals surface area contributed by atoms with Crippen LogP contribution in [0.25, 0.3) is 0 Å². The number of morpholine rings is 1. The van der Waals surface area contributed by atoms with Gasteiger partial charge in [-0.25, -0.2) is 9.97 Å². The molecule has 0 unspecified atom stereocenters. The molecule has 3 rings (SSSR count). The maximum Gasteiger partial charge on any atom is 0.316 e. The van der Waals surface area contributed by atoms with Gasteiger partial charge < -0.3 is 14.4 Å². The molecule has 0 bridgehead atoms. The molecule has 134 valence electrons. The number of aromatic nitrogens is 3. The molecule has 1 fully saturated rings. The van der Waals surface area contributed by atoms with Gasteiger partial charge in [0.05, 0.1) is 19.4 Å². The Morgan fingerprint density at radius 2 is 2.04 bits per heavy atom. The number of methoxy groups -OCH3 is 1. The van der Waals surface area contributed by atoms with E-state index in [2.05, 4.69) is 36.9 Å². The first-order valence-corrected chi connectivity index (χ1v) is 8.40. The Balaban J connectivity index is 1.70. The minimum atomic E-state index is -0.0217. The quantitative estimate of drug-likeness (QED) is 0.820. The number of nitrogens with zero attached hydrogens (tertiary/aromatic N) is 5. The summed E-state index contributed by atoms with van der Waals surface area (Å²) in [5.74, 6) is 0. The second-order valence-corrected chi connectivity index (χ2v) is 6.46. The average molecular weight is 343 g/mol. The number of aryl methyl sites for hydroxylation is 1. The molecule has 0 amide bonds. The summed E-state index contributed by atoms with van der Waals surface area (Å²) in [6.07, 6.45) is 3.60. The van der Waals surface area contributed by atoms with Gasteiger partial charge in [-0.15, -0.1) is 0 Å². The molecule has 1 saturated heterocycles. The van der Waals surface area contributed by atoms with Crippen LogP contribution in [0.1, 0.15) is 23.1 Å². The van der Waals surface area contributed by atoms with Crippen molar-refractivity contribution in [1.82, 2.24) is 19.9 Å². The summed E-state index contributed by atoms with van der Waals surface area (Å²) in [5, 5.41) is 0. The Labute approximate surface area is 148 Å². The zero-order chi connectivity index (χ0) is 17.8. The first-order chi connectivity index (χ1) is 12.0. The minimum absolute atomic E-state index is 0.0217. The molecule has 1 aliphatic rings. The van der Waals surface area contributed by atoms with E-state index in [0.29, 0.717) is 12.6 Å². The summed E-state index contributed by atoms with van der Waals surface area (Å²) >= 11 is 0. The number of hydrogen-bond acceptors (Lipinski definition) is 7. The maximum atomic E-state index is 5.98. The summed E-state index contributed by atoms with van der Waals surface area (Å²) in [5.41, 5.74) is 4.20. The first kappa shape index (κ1) is 17.6. The van der Waals surface area contributed by atoms with Crippen molar-refractivity contribution in [3.63, 3.8) is 0 Å². The summed E-state index contributed by atoms with van der Waals surface area (Å²) in [6, 6.07) is 4.58. The summed E-state index contributed by atoms with van der Waals surface area (Å²) in [7, 11) is 5.64. The second-order valence-electron chi connectivity index (χ2n) is 6.46. The van der Waals surface area contributed by atoms with Crippen LogP contribution in [0.3, 0.4) is 0 Å². The number of ether oxygens (including phenoxy) is 2. The molecule has 7 heteroatoms. The average Bonchev–Trinajstić information content (AvgIpc) is 2.62. The lowest BCUT2D eigenvalue weighted by Gasteiger charge is -2.33. The van der Waals surface area contributed by atoms with Crippen molar-refractivity contribution in [3.8, 4) is 6.01 Å².